The summed E-state index contributed by atoms with van der Waals surface area (Å²) < 4.78 is 39.6. The van der Waals surface area contributed by atoms with E-state index in [4.69, 9.17) is 0 Å². The fourth-order valence-electron chi connectivity index (χ4n) is 13.7. The summed E-state index contributed by atoms with van der Waals surface area (Å²) in [6, 6.07) is 45.1. The number of hydrogen-bond acceptors (Lipinski definition) is 1. The standard InChI is InChI=1S/C66H89F2NP2Si/c1-4-7-46-72(47-8-5-2,48-9-6-3)63-49-64(67)66(65(68)50-63)69(70(59-38-30-55(31-39-59)51-22-14-10-15-23-51)60-40-32-56(33-41-60)52-24-16-11-17-25-52)71(61-42-34-57(35-43-61)53-26-18-12-19-27-53)62-44-36-58(37-45-62)54-28-20-13-21-29-54/h30-45,49-54H,4-29,46-48H2,1-3H3. The predicted molar refractivity (Wildman–Crippen MR) is 315 cm³/mol. The average Bonchev–Trinajstić information content (AvgIpc) is 3.44. The highest BCUT2D eigenvalue weighted by molar-refractivity contribution is 7.90. The second-order valence-electron chi connectivity index (χ2n) is 23.0. The summed E-state index contributed by atoms with van der Waals surface area (Å²) in [5.74, 6) is 1.56. The van der Waals surface area contributed by atoms with Crippen molar-refractivity contribution in [2.24, 2.45) is 0 Å². The molecule has 4 aliphatic rings. The van der Waals surface area contributed by atoms with E-state index in [1.807, 2.05) is 12.1 Å². The van der Waals surface area contributed by atoms with E-state index in [1.165, 1.54) is 172 Å². The molecule has 1 nitrogen and oxygen atoms in total. The molecule has 9 rings (SSSR count). The highest BCUT2D eigenvalue weighted by Crippen LogP contribution is 2.59. The Labute approximate surface area is 439 Å². The number of unbranched alkanes of at least 4 members (excludes halogenated alkanes) is 3. The summed E-state index contributed by atoms with van der Waals surface area (Å²) in [5.41, 5.74) is 5.84. The molecule has 0 spiro atoms. The molecule has 0 N–H and O–H groups in total. The van der Waals surface area contributed by atoms with E-state index >= 15 is 8.78 Å². The van der Waals surface area contributed by atoms with Crippen molar-refractivity contribution in [3.8, 4) is 0 Å². The average molecular weight is 1020 g/mol. The van der Waals surface area contributed by atoms with E-state index in [0.717, 1.165) is 61.8 Å². The molecule has 0 bridgehead atoms. The fourth-order valence-corrected chi connectivity index (χ4v) is 25.2. The van der Waals surface area contributed by atoms with E-state index in [9.17, 15) is 0 Å². The minimum absolute atomic E-state index is 0.167. The quantitative estimate of drug-likeness (QED) is 0.0523. The van der Waals surface area contributed by atoms with Crippen molar-refractivity contribution in [2.45, 2.75) is 230 Å². The Morgan fingerprint density at radius 2 is 0.639 bits per heavy atom. The zero-order chi connectivity index (χ0) is 49.7. The van der Waals surface area contributed by atoms with Crippen LogP contribution in [0.4, 0.5) is 14.5 Å². The van der Waals surface area contributed by atoms with Gasteiger partial charge in [-0.15, -0.1) is 0 Å². The molecular formula is C66H89F2NP2Si. The van der Waals surface area contributed by atoms with Gasteiger partial charge in [-0.3, -0.25) is 0 Å². The number of anilines is 1. The Bertz CT molecular complexity index is 2100. The largest absolute Gasteiger partial charge is 0.308 e. The molecule has 0 saturated heterocycles. The first-order valence-corrected chi connectivity index (χ1v) is 34.9. The maximum Gasteiger partial charge on any atom is 0.149 e. The van der Waals surface area contributed by atoms with Crippen LogP contribution in [0.15, 0.2) is 109 Å². The lowest BCUT2D eigenvalue weighted by Gasteiger charge is -2.42. The number of hydrogen-bond donors (Lipinski definition) is 0. The lowest BCUT2D eigenvalue weighted by atomic mass is 9.84. The number of halogens is 2. The molecule has 4 fully saturated rings. The van der Waals surface area contributed by atoms with Gasteiger partial charge in [0.15, 0.2) is 0 Å². The summed E-state index contributed by atoms with van der Waals surface area (Å²) >= 11 is 0. The number of rotatable bonds is 21. The summed E-state index contributed by atoms with van der Waals surface area (Å²) in [4.78, 5) is 0. The van der Waals surface area contributed by atoms with Gasteiger partial charge < -0.3 is 4.44 Å². The lowest BCUT2D eigenvalue weighted by molar-refractivity contribution is 0.443. The fraction of sp³-hybridized carbons (Fsp3) is 0.545. The summed E-state index contributed by atoms with van der Waals surface area (Å²) in [7, 11) is -5.21. The second kappa shape index (κ2) is 26.5. The first-order chi connectivity index (χ1) is 35.4. The summed E-state index contributed by atoms with van der Waals surface area (Å²) in [5, 5.41) is 5.68. The zero-order valence-electron chi connectivity index (χ0n) is 44.8. The molecule has 0 unspecified atom stereocenters. The lowest BCUT2D eigenvalue weighted by Crippen LogP contribution is -2.48. The third-order valence-electron chi connectivity index (χ3n) is 18.1. The van der Waals surface area contributed by atoms with Gasteiger partial charge in [-0.25, -0.2) is 8.78 Å². The highest BCUT2D eigenvalue weighted by atomic mass is 31.2. The van der Waals surface area contributed by atoms with Crippen LogP contribution in [-0.4, -0.2) is 8.07 Å². The topological polar surface area (TPSA) is 3.24 Å². The van der Waals surface area contributed by atoms with E-state index in [-0.39, 0.29) is 17.3 Å². The van der Waals surface area contributed by atoms with Crippen molar-refractivity contribution in [3.05, 3.63) is 143 Å². The van der Waals surface area contributed by atoms with Gasteiger partial charge in [0.25, 0.3) is 0 Å². The third-order valence-corrected chi connectivity index (χ3v) is 28.9. The number of benzene rings is 5. The maximum absolute atomic E-state index is 18.6. The van der Waals surface area contributed by atoms with Gasteiger partial charge in [0.2, 0.25) is 0 Å². The van der Waals surface area contributed by atoms with Crippen LogP contribution in [0.5, 0.6) is 0 Å². The zero-order valence-corrected chi connectivity index (χ0v) is 47.6. The molecule has 386 valence electrons. The summed E-state index contributed by atoms with van der Waals surface area (Å²) in [6.45, 7) is 6.83. The second-order valence-corrected chi connectivity index (χ2v) is 32.1. The number of nitrogens with zero attached hydrogens (tertiary/aromatic N) is 1. The van der Waals surface area contributed by atoms with Gasteiger partial charge in [-0.2, -0.15) is 0 Å². The maximum atomic E-state index is 18.6. The van der Waals surface area contributed by atoms with Gasteiger partial charge in [-0.1, -0.05) is 257 Å². The van der Waals surface area contributed by atoms with Gasteiger partial charge in [0, 0.05) is 21.2 Å². The molecule has 0 atom stereocenters. The van der Waals surface area contributed by atoms with Crippen LogP contribution in [0.25, 0.3) is 0 Å². The smallest absolute Gasteiger partial charge is 0.149 e. The van der Waals surface area contributed by atoms with E-state index < -0.39 is 24.2 Å². The van der Waals surface area contributed by atoms with Crippen molar-refractivity contribution in [1.29, 1.82) is 0 Å². The Morgan fingerprint density at radius 1 is 0.389 bits per heavy atom. The minimum Gasteiger partial charge on any atom is -0.308 e. The van der Waals surface area contributed by atoms with Crippen LogP contribution < -0.4 is 30.8 Å². The van der Waals surface area contributed by atoms with Crippen LogP contribution >= 0.6 is 16.1 Å². The van der Waals surface area contributed by atoms with Crippen molar-refractivity contribution in [2.75, 3.05) is 4.44 Å². The van der Waals surface area contributed by atoms with E-state index in [2.05, 4.69) is 122 Å². The first-order valence-electron chi connectivity index (χ1n) is 29.7. The molecule has 5 aromatic rings. The Kier molecular flexibility index (Phi) is 19.8. The molecule has 5 aromatic carbocycles. The van der Waals surface area contributed by atoms with Crippen LogP contribution in [0.3, 0.4) is 0 Å². The molecule has 4 saturated carbocycles. The van der Waals surface area contributed by atoms with E-state index in [1.54, 1.807) is 0 Å². The van der Waals surface area contributed by atoms with Crippen LogP contribution in [0.2, 0.25) is 18.1 Å². The molecular weight excluding hydrogens is 935 g/mol. The predicted octanol–water partition coefficient (Wildman–Crippen LogP) is 19.1. The first kappa shape index (κ1) is 53.7. The van der Waals surface area contributed by atoms with Gasteiger partial charge in [0.05, 0.1) is 24.2 Å². The van der Waals surface area contributed by atoms with Crippen LogP contribution in [-0.2, 0) is 0 Å². The molecule has 0 aromatic heterocycles. The summed E-state index contributed by atoms with van der Waals surface area (Å²) in [6.07, 6.45) is 32.2. The molecule has 0 aliphatic heterocycles. The molecule has 0 amide bonds. The molecule has 4 aliphatic carbocycles. The SMILES string of the molecule is CCCC[Si](CCCC)(CCCC)c1cc(F)c(N(P(c2ccc(C3CCCCC3)cc2)c2ccc(C3CCCCC3)cc2)P(c2ccc(C3CCCCC3)cc2)c2ccc(C3CCCCC3)cc2)c(F)c1. The Balaban J connectivity index is 1.27. The van der Waals surface area contributed by atoms with Crippen LogP contribution in [0, 0.1) is 11.6 Å². The molecule has 72 heavy (non-hydrogen) atoms. The minimum atomic E-state index is -2.25. The monoisotopic (exact) mass is 1020 g/mol. The molecule has 0 heterocycles. The highest BCUT2D eigenvalue weighted by Gasteiger charge is 2.40. The van der Waals surface area contributed by atoms with Crippen molar-refractivity contribution in [1.82, 2.24) is 0 Å². The Hall–Kier alpha value is -3.16. The van der Waals surface area contributed by atoms with Gasteiger partial charge in [-0.05, 0) is 109 Å². The third kappa shape index (κ3) is 12.9. The molecule has 6 heteroatoms. The van der Waals surface area contributed by atoms with Crippen molar-refractivity contribution >= 4 is 56.3 Å². The molecule has 0 radical (unpaired) electrons. The Morgan fingerprint density at radius 3 is 0.875 bits per heavy atom. The van der Waals surface area contributed by atoms with Gasteiger partial charge >= 0.3 is 0 Å². The van der Waals surface area contributed by atoms with Crippen molar-refractivity contribution < 1.29 is 8.78 Å². The van der Waals surface area contributed by atoms with Gasteiger partial charge in [0.1, 0.15) is 17.3 Å². The normalized spacial score (nSPS) is 18.0. The van der Waals surface area contributed by atoms with Crippen molar-refractivity contribution in [3.63, 3.8) is 0 Å². The van der Waals surface area contributed by atoms with E-state index in [0.29, 0.717) is 23.7 Å². The van der Waals surface area contributed by atoms with Crippen LogP contribution in [0.1, 0.15) is 234 Å².